The first-order valence-corrected chi connectivity index (χ1v) is 12.4. The number of carbonyl (C=O) groups excluding carboxylic acids is 1. The summed E-state index contributed by atoms with van der Waals surface area (Å²) in [5, 5.41) is 9.45. The van der Waals surface area contributed by atoms with Crippen molar-refractivity contribution in [3.05, 3.63) is 30.1 Å². The number of nitrogens with zero attached hydrogens (tertiary/aromatic N) is 3. The fourth-order valence-corrected chi connectivity index (χ4v) is 7.92. The molecule has 7 heteroatoms. The normalized spacial score (nSPS) is 34.0. The third-order valence-corrected chi connectivity index (χ3v) is 9.01. The summed E-state index contributed by atoms with van der Waals surface area (Å²) in [5.74, 6) is 4.98. The molecule has 2 unspecified atom stereocenters. The van der Waals surface area contributed by atoms with Crippen molar-refractivity contribution in [3.8, 4) is 11.5 Å². The van der Waals surface area contributed by atoms with E-state index in [4.69, 9.17) is 9.47 Å². The SMILES string of the molecule is CC(Sc1nnc(C2COc3ccccc3O2)n1C)C(=O)C12CC3CC(CC(C3)C1)C2. The summed E-state index contributed by atoms with van der Waals surface area (Å²) >= 11 is 1.54. The minimum absolute atomic E-state index is 0.0768. The molecule has 0 radical (unpaired) electrons. The van der Waals surface area contributed by atoms with Gasteiger partial charge in [0, 0.05) is 12.5 Å². The number of hydrogen-bond acceptors (Lipinski definition) is 6. The second-order valence-electron chi connectivity index (χ2n) is 10.1. The molecule has 1 aromatic heterocycles. The molecule has 2 aromatic rings. The number of Topliss-reactive ketones (excluding diaryl/α,β-unsaturated/α-hetero) is 1. The van der Waals surface area contributed by atoms with E-state index in [-0.39, 0.29) is 16.8 Å². The zero-order valence-corrected chi connectivity index (χ0v) is 18.9. The predicted octanol–water partition coefficient (Wildman–Crippen LogP) is 4.59. The lowest BCUT2D eigenvalue weighted by Crippen LogP contribution is -2.51. The zero-order chi connectivity index (χ0) is 21.2. The van der Waals surface area contributed by atoms with Gasteiger partial charge in [0.05, 0.1) is 5.25 Å². The molecule has 164 valence electrons. The Morgan fingerprint density at radius 2 is 1.74 bits per heavy atom. The number of hydrogen-bond donors (Lipinski definition) is 0. The highest BCUT2D eigenvalue weighted by molar-refractivity contribution is 8.00. The van der Waals surface area contributed by atoms with E-state index in [2.05, 4.69) is 17.1 Å². The van der Waals surface area contributed by atoms with Gasteiger partial charge in [-0.05, 0) is 75.3 Å². The molecule has 0 spiro atoms. The Balaban J connectivity index is 1.17. The van der Waals surface area contributed by atoms with Gasteiger partial charge in [0.25, 0.3) is 0 Å². The monoisotopic (exact) mass is 439 g/mol. The molecule has 2 atom stereocenters. The van der Waals surface area contributed by atoms with Gasteiger partial charge >= 0.3 is 0 Å². The first-order chi connectivity index (χ1) is 15.0. The standard InChI is InChI=1S/C24H29N3O3S/c1-14(21(28)24-10-15-7-16(11-24)9-17(8-15)12-24)31-23-26-25-22(27(23)2)20-13-29-18-5-3-4-6-19(18)30-20/h3-6,14-17,20H,7-13H2,1-2H3. The molecule has 4 bridgehead atoms. The molecule has 1 aromatic carbocycles. The molecule has 2 heterocycles. The lowest BCUT2D eigenvalue weighted by molar-refractivity contribution is -0.142. The van der Waals surface area contributed by atoms with Crippen LogP contribution in [0.3, 0.4) is 0 Å². The Bertz CT molecular complexity index is 984. The van der Waals surface area contributed by atoms with Gasteiger partial charge in [0.2, 0.25) is 0 Å². The van der Waals surface area contributed by atoms with Crippen molar-refractivity contribution >= 4 is 17.5 Å². The van der Waals surface area contributed by atoms with E-state index in [1.807, 2.05) is 35.9 Å². The molecule has 1 aliphatic heterocycles. The maximum absolute atomic E-state index is 13.6. The first-order valence-electron chi connectivity index (χ1n) is 11.5. The lowest BCUT2D eigenvalue weighted by Gasteiger charge is -2.56. The van der Waals surface area contributed by atoms with Gasteiger partial charge in [-0.25, -0.2) is 0 Å². The molecule has 0 N–H and O–H groups in total. The minimum Gasteiger partial charge on any atom is -0.485 e. The van der Waals surface area contributed by atoms with Crippen LogP contribution in [0, 0.1) is 23.2 Å². The Kier molecular flexibility index (Phi) is 4.60. The van der Waals surface area contributed by atoms with E-state index in [0.29, 0.717) is 12.4 Å². The highest BCUT2D eigenvalue weighted by atomic mass is 32.2. The summed E-state index contributed by atoms with van der Waals surface area (Å²) in [6, 6.07) is 7.67. The van der Waals surface area contributed by atoms with Crippen molar-refractivity contribution in [1.29, 1.82) is 0 Å². The first kappa shape index (κ1) is 19.6. The van der Waals surface area contributed by atoms with Crippen molar-refractivity contribution < 1.29 is 14.3 Å². The van der Waals surface area contributed by atoms with Crippen molar-refractivity contribution in [1.82, 2.24) is 14.8 Å². The zero-order valence-electron chi connectivity index (χ0n) is 18.1. The van der Waals surface area contributed by atoms with E-state index in [1.165, 1.54) is 19.3 Å². The minimum atomic E-state index is -0.309. The van der Waals surface area contributed by atoms with Gasteiger partial charge in [-0.1, -0.05) is 23.9 Å². The molecular formula is C24H29N3O3S. The maximum atomic E-state index is 13.6. The van der Waals surface area contributed by atoms with Gasteiger partial charge in [-0.3, -0.25) is 4.79 Å². The maximum Gasteiger partial charge on any atom is 0.192 e. The van der Waals surface area contributed by atoms with Crippen LogP contribution in [0.25, 0.3) is 0 Å². The van der Waals surface area contributed by atoms with Crippen molar-refractivity contribution in [2.75, 3.05) is 6.61 Å². The Morgan fingerprint density at radius 1 is 1.10 bits per heavy atom. The summed E-state index contributed by atoms with van der Waals surface area (Å²) < 4.78 is 13.9. The number of benzene rings is 1. The Hall–Kier alpha value is -2.02. The van der Waals surface area contributed by atoms with E-state index < -0.39 is 0 Å². The summed E-state index contributed by atoms with van der Waals surface area (Å²) in [6.07, 6.45) is 7.09. The highest BCUT2D eigenvalue weighted by Crippen LogP contribution is 2.61. The van der Waals surface area contributed by atoms with E-state index in [1.54, 1.807) is 11.8 Å². The molecule has 7 rings (SSSR count). The van der Waals surface area contributed by atoms with E-state index >= 15 is 0 Å². The third kappa shape index (κ3) is 3.27. The molecule has 5 aliphatic rings. The van der Waals surface area contributed by atoms with Crippen LogP contribution in [0.5, 0.6) is 11.5 Å². The second-order valence-corrected chi connectivity index (χ2v) is 11.4. The second kappa shape index (κ2) is 7.26. The molecule has 4 fully saturated rings. The number of rotatable bonds is 5. The van der Waals surface area contributed by atoms with Gasteiger partial charge in [0.15, 0.2) is 34.4 Å². The summed E-state index contributed by atoms with van der Waals surface area (Å²) in [5.41, 5.74) is -0.0768. The number of fused-ring (bicyclic) bond motifs is 1. The molecule has 4 aliphatic carbocycles. The smallest absolute Gasteiger partial charge is 0.192 e. The molecule has 0 saturated heterocycles. The molecule has 0 amide bonds. The fourth-order valence-electron chi connectivity index (χ4n) is 6.91. The summed E-state index contributed by atoms with van der Waals surface area (Å²) in [6.45, 7) is 2.45. The van der Waals surface area contributed by atoms with Crippen LogP contribution in [0.1, 0.15) is 57.4 Å². The van der Waals surface area contributed by atoms with Gasteiger partial charge in [0.1, 0.15) is 6.61 Å². The number of ether oxygens (including phenoxy) is 2. The predicted molar refractivity (Wildman–Crippen MR) is 117 cm³/mol. The average molecular weight is 440 g/mol. The average Bonchev–Trinajstić information content (AvgIpc) is 3.12. The number of para-hydroxylation sites is 2. The quantitative estimate of drug-likeness (QED) is 0.635. The van der Waals surface area contributed by atoms with Crippen LogP contribution in [0.4, 0.5) is 0 Å². The van der Waals surface area contributed by atoms with Crippen LogP contribution < -0.4 is 9.47 Å². The fraction of sp³-hybridized carbons (Fsp3) is 0.625. The number of aromatic nitrogens is 3. The molecule has 6 nitrogen and oxygen atoms in total. The number of thioether (sulfide) groups is 1. The van der Waals surface area contributed by atoms with Crippen LogP contribution in [-0.4, -0.2) is 32.4 Å². The van der Waals surface area contributed by atoms with E-state index in [0.717, 1.165) is 59.5 Å². The van der Waals surface area contributed by atoms with Gasteiger partial charge < -0.3 is 14.0 Å². The van der Waals surface area contributed by atoms with Crippen LogP contribution in [0.15, 0.2) is 29.4 Å². The van der Waals surface area contributed by atoms with Gasteiger partial charge in [-0.15, -0.1) is 10.2 Å². The number of ketones is 1. The molecule has 4 saturated carbocycles. The van der Waals surface area contributed by atoms with Crippen molar-refractivity contribution in [2.24, 2.45) is 30.2 Å². The van der Waals surface area contributed by atoms with Crippen molar-refractivity contribution in [3.63, 3.8) is 0 Å². The Labute approximate surface area is 187 Å². The van der Waals surface area contributed by atoms with Crippen LogP contribution in [0.2, 0.25) is 0 Å². The molecule has 31 heavy (non-hydrogen) atoms. The van der Waals surface area contributed by atoms with Gasteiger partial charge in [-0.2, -0.15) is 0 Å². The van der Waals surface area contributed by atoms with Crippen LogP contribution >= 0.6 is 11.8 Å². The summed E-state index contributed by atoms with van der Waals surface area (Å²) in [4.78, 5) is 13.6. The van der Waals surface area contributed by atoms with E-state index in [9.17, 15) is 4.79 Å². The lowest BCUT2D eigenvalue weighted by atomic mass is 9.48. The van der Waals surface area contributed by atoms with Crippen molar-refractivity contribution in [2.45, 2.75) is 62.0 Å². The van der Waals surface area contributed by atoms with Crippen LogP contribution in [-0.2, 0) is 11.8 Å². The third-order valence-electron chi connectivity index (χ3n) is 7.88. The largest absolute Gasteiger partial charge is 0.485 e. The topological polar surface area (TPSA) is 66.2 Å². The Morgan fingerprint density at radius 3 is 2.42 bits per heavy atom. The number of carbonyl (C=O) groups is 1. The summed E-state index contributed by atoms with van der Waals surface area (Å²) in [7, 11) is 1.95. The molecular weight excluding hydrogens is 410 g/mol. The highest BCUT2D eigenvalue weighted by Gasteiger charge is 2.55.